The molecule has 2 atom stereocenters. The van der Waals surface area contributed by atoms with Gasteiger partial charge in [0.05, 0.1) is 18.5 Å². The van der Waals surface area contributed by atoms with E-state index in [1.54, 1.807) is 6.20 Å². The molecule has 3 rings (SSSR count). The van der Waals surface area contributed by atoms with Gasteiger partial charge in [0.15, 0.2) is 5.75 Å². The van der Waals surface area contributed by atoms with Crippen LogP contribution in [0.25, 0.3) is 0 Å². The summed E-state index contributed by atoms with van der Waals surface area (Å²) >= 11 is 0. The third-order valence-electron chi connectivity index (χ3n) is 4.34. The Balaban J connectivity index is 1.78. The Bertz CT molecular complexity index is 630. The van der Waals surface area contributed by atoms with E-state index in [0.29, 0.717) is 6.61 Å². The van der Waals surface area contributed by atoms with E-state index in [9.17, 15) is 5.11 Å². The first-order valence-corrected chi connectivity index (χ1v) is 7.25. The fourth-order valence-electron chi connectivity index (χ4n) is 2.92. The highest BCUT2D eigenvalue weighted by atomic mass is 16.5. The van der Waals surface area contributed by atoms with Crippen molar-refractivity contribution in [3.63, 3.8) is 0 Å². The summed E-state index contributed by atoms with van der Waals surface area (Å²) in [5.41, 5.74) is 2.01. The van der Waals surface area contributed by atoms with E-state index in [1.807, 2.05) is 32.0 Å². The molecule has 4 nitrogen and oxygen atoms in total. The van der Waals surface area contributed by atoms with Crippen LogP contribution in [0.3, 0.4) is 0 Å². The molecule has 0 aliphatic heterocycles. The van der Waals surface area contributed by atoms with Crippen LogP contribution in [0.1, 0.15) is 23.5 Å². The Morgan fingerprint density at radius 1 is 1.29 bits per heavy atom. The Labute approximate surface area is 124 Å². The summed E-state index contributed by atoms with van der Waals surface area (Å²) in [5.74, 6) is 1.74. The first-order valence-electron chi connectivity index (χ1n) is 7.25. The fourth-order valence-corrected chi connectivity index (χ4v) is 2.92. The first-order chi connectivity index (χ1) is 10.2. The molecule has 1 aliphatic rings. The van der Waals surface area contributed by atoms with E-state index < -0.39 is 0 Å². The molecule has 0 radical (unpaired) electrons. The van der Waals surface area contributed by atoms with Gasteiger partial charge in [-0.1, -0.05) is 30.3 Å². The van der Waals surface area contributed by atoms with E-state index in [0.717, 1.165) is 23.7 Å². The van der Waals surface area contributed by atoms with Gasteiger partial charge in [-0.15, -0.1) is 0 Å². The van der Waals surface area contributed by atoms with Gasteiger partial charge >= 0.3 is 0 Å². The van der Waals surface area contributed by atoms with Crippen LogP contribution in [-0.2, 0) is 5.41 Å². The molecule has 1 saturated carbocycles. The zero-order chi connectivity index (χ0) is 14.9. The maximum atomic E-state index is 9.51. The van der Waals surface area contributed by atoms with Gasteiger partial charge < -0.3 is 9.84 Å². The molecular weight excluding hydrogens is 264 g/mol. The summed E-state index contributed by atoms with van der Waals surface area (Å²) in [5, 5.41) is 9.51. The lowest BCUT2D eigenvalue weighted by Gasteiger charge is -2.19. The molecule has 0 bridgehead atoms. The van der Waals surface area contributed by atoms with Crippen LogP contribution < -0.4 is 4.74 Å². The number of aliphatic hydroxyl groups is 1. The summed E-state index contributed by atoms with van der Waals surface area (Å²) in [6, 6.07) is 10.3. The van der Waals surface area contributed by atoms with Crippen molar-refractivity contribution in [1.29, 1.82) is 0 Å². The summed E-state index contributed by atoms with van der Waals surface area (Å²) in [6.45, 7) is 4.54. The molecule has 4 heteroatoms. The van der Waals surface area contributed by atoms with Gasteiger partial charge in [-0.25, -0.2) is 9.97 Å². The fraction of sp³-hybridized carbons (Fsp3) is 0.412. The number of benzene rings is 1. The highest BCUT2D eigenvalue weighted by molar-refractivity contribution is 5.35. The van der Waals surface area contributed by atoms with E-state index in [2.05, 4.69) is 22.1 Å². The van der Waals surface area contributed by atoms with Crippen LogP contribution in [0.4, 0.5) is 0 Å². The minimum absolute atomic E-state index is 0.0761. The monoisotopic (exact) mass is 284 g/mol. The standard InChI is InChI=1S/C17H20N2O2/c1-12-16(9-18-13(2)19-12)21-11-17(8-15(17)10-20)14-6-4-3-5-7-14/h3-7,9,15,20H,8,10-11H2,1-2H3. The van der Waals surface area contributed by atoms with Crippen molar-refractivity contribution in [2.24, 2.45) is 5.92 Å². The predicted octanol–water partition coefficient (Wildman–Crippen LogP) is 2.42. The molecule has 0 spiro atoms. The Kier molecular flexibility index (Phi) is 3.64. The zero-order valence-electron chi connectivity index (χ0n) is 12.4. The lowest BCUT2D eigenvalue weighted by Crippen LogP contribution is -2.22. The molecule has 1 heterocycles. The summed E-state index contributed by atoms with van der Waals surface area (Å²) < 4.78 is 5.97. The van der Waals surface area contributed by atoms with Crippen molar-refractivity contribution >= 4 is 0 Å². The average molecular weight is 284 g/mol. The molecule has 2 unspecified atom stereocenters. The maximum Gasteiger partial charge on any atom is 0.158 e. The third kappa shape index (κ3) is 2.63. The molecule has 1 aromatic heterocycles. The number of aliphatic hydroxyl groups excluding tert-OH is 1. The van der Waals surface area contributed by atoms with Gasteiger partial charge in [0, 0.05) is 12.0 Å². The molecule has 1 aromatic carbocycles. The number of hydrogen-bond acceptors (Lipinski definition) is 4. The van der Waals surface area contributed by atoms with Crippen LogP contribution in [0.5, 0.6) is 5.75 Å². The summed E-state index contributed by atoms with van der Waals surface area (Å²) in [7, 11) is 0. The Morgan fingerprint density at radius 3 is 2.67 bits per heavy atom. The molecule has 1 fully saturated rings. The lowest BCUT2D eigenvalue weighted by atomic mass is 9.94. The molecule has 0 amide bonds. The SMILES string of the molecule is Cc1ncc(OCC2(c3ccccc3)CC2CO)c(C)n1. The van der Waals surface area contributed by atoms with E-state index in [4.69, 9.17) is 4.74 Å². The van der Waals surface area contributed by atoms with E-state index in [-0.39, 0.29) is 17.9 Å². The number of rotatable bonds is 5. The van der Waals surface area contributed by atoms with Crippen LogP contribution in [0.15, 0.2) is 36.5 Å². The second-order valence-electron chi connectivity index (χ2n) is 5.76. The Morgan fingerprint density at radius 2 is 2.05 bits per heavy atom. The molecule has 1 aliphatic carbocycles. The zero-order valence-corrected chi connectivity index (χ0v) is 12.4. The lowest BCUT2D eigenvalue weighted by molar-refractivity contribution is 0.224. The predicted molar refractivity (Wildman–Crippen MR) is 80.3 cm³/mol. The third-order valence-corrected chi connectivity index (χ3v) is 4.34. The van der Waals surface area contributed by atoms with Gasteiger partial charge in [0.1, 0.15) is 5.82 Å². The number of aryl methyl sites for hydroxylation is 2. The number of ether oxygens (including phenoxy) is 1. The first kappa shape index (κ1) is 14.0. The average Bonchev–Trinajstić information content (AvgIpc) is 3.22. The van der Waals surface area contributed by atoms with Crippen LogP contribution >= 0.6 is 0 Å². The van der Waals surface area contributed by atoms with Crippen LogP contribution in [0, 0.1) is 19.8 Å². The molecule has 0 saturated heterocycles. The van der Waals surface area contributed by atoms with Gasteiger partial charge in [-0.2, -0.15) is 0 Å². The largest absolute Gasteiger partial charge is 0.489 e. The molecule has 21 heavy (non-hydrogen) atoms. The number of aromatic nitrogens is 2. The molecular formula is C17H20N2O2. The van der Waals surface area contributed by atoms with Gasteiger partial charge in [-0.05, 0) is 31.7 Å². The molecule has 2 aromatic rings. The topological polar surface area (TPSA) is 55.2 Å². The Hall–Kier alpha value is -1.94. The van der Waals surface area contributed by atoms with Crippen molar-refractivity contribution in [3.8, 4) is 5.75 Å². The van der Waals surface area contributed by atoms with E-state index >= 15 is 0 Å². The summed E-state index contributed by atoms with van der Waals surface area (Å²) in [6.07, 6.45) is 2.69. The van der Waals surface area contributed by atoms with Crippen LogP contribution in [0.2, 0.25) is 0 Å². The smallest absolute Gasteiger partial charge is 0.158 e. The van der Waals surface area contributed by atoms with E-state index in [1.165, 1.54) is 5.56 Å². The minimum Gasteiger partial charge on any atom is -0.489 e. The van der Waals surface area contributed by atoms with Crippen molar-refractivity contribution in [3.05, 3.63) is 53.6 Å². The number of hydrogen-bond donors (Lipinski definition) is 1. The minimum atomic E-state index is -0.0761. The second-order valence-corrected chi connectivity index (χ2v) is 5.76. The maximum absolute atomic E-state index is 9.51. The van der Waals surface area contributed by atoms with Gasteiger partial charge in [0.2, 0.25) is 0 Å². The van der Waals surface area contributed by atoms with Crippen molar-refractivity contribution < 1.29 is 9.84 Å². The second kappa shape index (κ2) is 5.45. The van der Waals surface area contributed by atoms with Crippen LogP contribution in [-0.4, -0.2) is 28.3 Å². The molecule has 1 N–H and O–H groups in total. The molecule has 110 valence electrons. The van der Waals surface area contributed by atoms with Gasteiger partial charge in [0.25, 0.3) is 0 Å². The highest BCUT2D eigenvalue weighted by Gasteiger charge is 2.55. The normalized spacial score (nSPS) is 23.9. The van der Waals surface area contributed by atoms with Crippen molar-refractivity contribution in [2.45, 2.75) is 25.7 Å². The highest BCUT2D eigenvalue weighted by Crippen LogP contribution is 2.54. The summed E-state index contributed by atoms with van der Waals surface area (Å²) in [4.78, 5) is 8.51. The van der Waals surface area contributed by atoms with Crippen molar-refractivity contribution in [2.75, 3.05) is 13.2 Å². The quantitative estimate of drug-likeness (QED) is 0.916. The van der Waals surface area contributed by atoms with Gasteiger partial charge in [-0.3, -0.25) is 0 Å². The van der Waals surface area contributed by atoms with Crippen molar-refractivity contribution in [1.82, 2.24) is 9.97 Å². The number of nitrogens with zero attached hydrogens (tertiary/aromatic N) is 2.